The summed E-state index contributed by atoms with van der Waals surface area (Å²) in [6, 6.07) is 2.15. The van der Waals surface area contributed by atoms with Crippen LogP contribution in [0.5, 0.6) is 0 Å². The molecule has 1 atom stereocenters. The number of ether oxygens (including phenoxy) is 1. The lowest BCUT2D eigenvalue weighted by Gasteiger charge is -2.28. The third kappa shape index (κ3) is 5.09. The number of unbranched alkanes of at least 4 members (excludes halogenated alkanes) is 1. The molecule has 0 aliphatic heterocycles. The lowest BCUT2D eigenvalue weighted by atomic mass is 9.78. The molecule has 0 fully saturated rings. The van der Waals surface area contributed by atoms with E-state index in [-0.39, 0.29) is 29.8 Å². The molecule has 1 aromatic carbocycles. The molecule has 0 bridgehead atoms. The van der Waals surface area contributed by atoms with E-state index in [9.17, 15) is 14.7 Å². The highest BCUT2D eigenvalue weighted by molar-refractivity contribution is 5.95. The largest absolute Gasteiger partial charge is 0.508 e. The normalized spacial score (nSPS) is 17.4. The number of aliphatic hydroxyl groups is 1. The lowest BCUT2D eigenvalue weighted by molar-refractivity contribution is -0.120. The Balaban J connectivity index is 2.27. The zero-order valence-corrected chi connectivity index (χ0v) is 17.4. The number of aliphatic hydroxyl groups excluding tert-OH is 1. The van der Waals surface area contributed by atoms with Crippen molar-refractivity contribution >= 4 is 18.3 Å². The van der Waals surface area contributed by atoms with Gasteiger partial charge < -0.3 is 14.6 Å². The molecule has 1 aliphatic rings. The molecule has 5 nitrogen and oxygen atoms in total. The Bertz CT molecular complexity index is 792. The summed E-state index contributed by atoms with van der Waals surface area (Å²) >= 11 is 0. The maximum Gasteiger partial charge on any atom is 0.201 e. The minimum Gasteiger partial charge on any atom is -0.508 e. The van der Waals surface area contributed by atoms with Crippen molar-refractivity contribution < 1.29 is 19.4 Å². The first-order chi connectivity index (χ1) is 13.4. The van der Waals surface area contributed by atoms with Gasteiger partial charge in [-0.3, -0.25) is 9.79 Å². The highest BCUT2D eigenvalue weighted by atomic mass is 16.5. The Kier molecular flexibility index (Phi) is 7.97. The summed E-state index contributed by atoms with van der Waals surface area (Å²) in [7, 11) is 0. The van der Waals surface area contributed by atoms with Crippen LogP contribution in [0.2, 0.25) is 0 Å². The molecule has 0 saturated heterocycles. The van der Waals surface area contributed by atoms with Gasteiger partial charge in [-0.1, -0.05) is 6.07 Å². The van der Waals surface area contributed by atoms with Crippen molar-refractivity contribution in [3.05, 3.63) is 45.4 Å². The van der Waals surface area contributed by atoms with E-state index in [4.69, 9.17) is 4.74 Å². The molecule has 0 heterocycles. The van der Waals surface area contributed by atoms with Gasteiger partial charge in [0, 0.05) is 32.0 Å². The molecule has 1 N–H and O–H groups in total. The first-order valence-corrected chi connectivity index (χ1v) is 10.00. The summed E-state index contributed by atoms with van der Waals surface area (Å²) in [6.07, 6.45) is 5.49. The van der Waals surface area contributed by atoms with Crippen LogP contribution in [0.4, 0.5) is 0 Å². The topological polar surface area (TPSA) is 76.0 Å². The van der Waals surface area contributed by atoms with Crippen LogP contribution in [-0.2, 0) is 20.7 Å². The molecule has 0 radical (unpaired) electrons. The number of aldehydes is 1. The summed E-state index contributed by atoms with van der Waals surface area (Å²) in [4.78, 5) is 27.3. The van der Waals surface area contributed by atoms with Gasteiger partial charge in [-0.15, -0.1) is 0 Å². The molecule has 0 spiro atoms. The quantitative estimate of drug-likeness (QED) is 0.387. The number of carbonyl (C=O) groups excluding carboxylic acids is 2. The Hall–Kier alpha value is -2.43. The van der Waals surface area contributed by atoms with E-state index in [1.807, 2.05) is 6.92 Å². The SMILES string of the molecule is CCN=CCOC1=C(O)CC(c2c(C)cc(C)c(CCCC=O)c2C)CC1=O. The van der Waals surface area contributed by atoms with Gasteiger partial charge in [0.25, 0.3) is 0 Å². The zero-order chi connectivity index (χ0) is 20.7. The van der Waals surface area contributed by atoms with Gasteiger partial charge in [0.2, 0.25) is 5.78 Å². The van der Waals surface area contributed by atoms with Crippen LogP contribution in [0.1, 0.15) is 66.3 Å². The number of hydrogen-bond donors (Lipinski definition) is 1. The van der Waals surface area contributed by atoms with Crippen molar-refractivity contribution in [1.29, 1.82) is 0 Å². The fraction of sp³-hybridized carbons (Fsp3) is 0.522. The summed E-state index contributed by atoms with van der Waals surface area (Å²) in [5, 5.41) is 10.5. The van der Waals surface area contributed by atoms with Crippen LogP contribution < -0.4 is 0 Å². The van der Waals surface area contributed by atoms with E-state index in [0.717, 1.165) is 30.3 Å². The predicted molar refractivity (Wildman–Crippen MR) is 111 cm³/mol. The second-order valence-electron chi connectivity index (χ2n) is 7.38. The van der Waals surface area contributed by atoms with Gasteiger partial charge in [-0.25, -0.2) is 0 Å². The van der Waals surface area contributed by atoms with Crippen LogP contribution in [0, 0.1) is 20.8 Å². The molecule has 0 amide bonds. The van der Waals surface area contributed by atoms with E-state index < -0.39 is 0 Å². The molecule has 1 unspecified atom stereocenters. The number of allylic oxidation sites excluding steroid dienone is 2. The number of aliphatic imine (C=N–C) groups is 1. The first kappa shape index (κ1) is 21.9. The number of benzene rings is 1. The Labute approximate surface area is 167 Å². The fourth-order valence-corrected chi connectivity index (χ4v) is 4.16. The maximum atomic E-state index is 12.6. The van der Waals surface area contributed by atoms with Gasteiger partial charge in [0.15, 0.2) is 5.76 Å². The predicted octanol–water partition coefficient (Wildman–Crippen LogP) is 4.46. The van der Waals surface area contributed by atoms with E-state index >= 15 is 0 Å². The van der Waals surface area contributed by atoms with Gasteiger partial charge in [-0.2, -0.15) is 0 Å². The standard InChI is InChI=1S/C23H31NO4/c1-5-24-9-11-28-23-20(26)13-18(14-21(23)27)22-16(3)12-15(2)19(17(22)4)8-6-7-10-25/h9-10,12,18,26H,5-8,11,13-14H2,1-4H3. The van der Waals surface area contributed by atoms with Crippen molar-refractivity contribution in [3.8, 4) is 0 Å². The average Bonchev–Trinajstić information content (AvgIpc) is 2.63. The van der Waals surface area contributed by atoms with Gasteiger partial charge in [-0.05, 0) is 74.3 Å². The number of Topliss-reactive ketones (excluding diaryl/α,β-unsaturated/α-hetero) is 1. The third-order valence-electron chi connectivity index (χ3n) is 5.35. The molecule has 28 heavy (non-hydrogen) atoms. The van der Waals surface area contributed by atoms with E-state index in [2.05, 4.69) is 31.8 Å². The summed E-state index contributed by atoms with van der Waals surface area (Å²) in [6.45, 7) is 9.00. The van der Waals surface area contributed by atoms with Crippen LogP contribution in [0.15, 0.2) is 22.6 Å². The van der Waals surface area contributed by atoms with Crippen LogP contribution in [0.25, 0.3) is 0 Å². The van der Waals surface area contributed by atoms with Crippen molar-refractivity contribution in [2.24, 2.45) is 4.99 Å². The molecule has 1 aromatic rings. The highest BCUT2D eigenvalue weighted by Crippen LogP contribution is 2.39. The number of aryl methyl sites for hydroxylation is 2. The maximum absolute atomic E-state index is 12.6. The average molecular weight is 386 g/mol. The molecule has 152 valence electrons. The summed E-state index contributed by atoms with van der Waals surface area (Å²) < 4.78 is 5.46. The molecular weight excluding hydrogens is 354 g/mol. The minimum absolute atomic E-state index is 0.0213. The number of ketones is 1. The van der Waals surface area contributed by atoms with Crippen molar-refractivity contribution in [2.75, 3.05) is 13.2 Å². The summed E-state index contributed by atoms with van der Waals surface area (Å²) in [5.41, 5.74) is 5.91. The molecular formula is C23H31NO4. The van der Waals surface area contributed by atoms with Crippen LogP contribution >= 0.6 is 0 Å². The molecule has 1 aliphatic carbocycles. The zero-order valence-electron chi connectivity index (χ0n) is 17.4. The minimum atomic E-state index is -0.166. The second kappa shape index (κ2) is 10.2. The molecule has 0 saturated carbocycles. The first-order valence-electron chi connectivity index (χ1n) is 10.00. The van der Waals surface area contributed by atoms with Crippen LogP contribution in [-0.4, -0.2) is 36.5 Å². The van der Waals surface area contributed by atoms with Gasteiger partial charge >= 0.3 is 0 Å². The smallest absolute Gasteiger partial charge is 0.201 e. The van der Waals surface area contributed by atoms with E-state index in [1.165, 1.54) is 16.7 Å². The second-order valence-corrected chi connectivity index (χ2v) is 7.38. The number of rotatable bonds is 9. The number of nitrogens with zero attached hydrogens (tertiary/aromatic N) is 1. The fourth-order valence-electron chi connectivity index (χ4n) is 4.16. The van der Waals surface area contributed by atoms with Crippen molar-refractivity contribution in [3.63, 3.8) is 0 Å². The summed E-state index contributed by atoms with van der Waals surface area (Å²) in [5.74, 6) is -0.129. The van der Waals surface area contributed by atoms with Crippen LogP contribution in [0.3, 0.4) is 0 Å². The Morgan fingerprint density at radius 1 is 1.25 bits per heavy atom. The third-order valence-corrected chi connectivity index (χ3v) is 5.35. The molecule has 2 rings (SSSR count). The van der Waals surface area contributed by atoms with Gasteiger partial charge in [0.05, 0.1) is 0 Å². The van der Waals surface area contributed by atoms with Gasteiger partial charge in [0.1, 0.15) is 18.7 Å². The molecule has 0 aromatic heterocycles. The highest BCUT2D eigenvalue weighted by Gasteiger charge is 2.32. The van der Waals surface area contributed by atoms with E-state index in [0.29, 0.717) is 25.8 Å². The van der Waals surface area contributed by atoms with E-state index in [1.54, 1.807) is 6.21 Å². The Morgan fingerprint density at radius 2 is 2.00 bits per heavy atom. The lowest BCUT2D eigenvalue weighted by Crippen LogP contribution is -2.22. The molecule has 5 heteroatoms. The van der Waals surface area contributed by atoms with Crippen molar-refractivity contribution in [1.82, 2.24) is 0 Å². The Morgan fingerprint density at radius 3 is 2.64 bits per heavy atom. The number of carbonyl (C=O) groups is 2. The van der Waals surface area contributed by atoms with Crippen molar-refractivity contribution in [2.45, 2.75) is 65.7 Å². The monoisotopic (exact) mass is 385 g/mol. The number of hydrogen-bond acceptors (Lipinski definition) is 5.